The van der Waals surface area contributed by atoms with E-state index in [-0.39, 0.29) is 0 Å². The van der Waals surface area contributed by atoms with Gasteiger partial charge < -0.3 is 4.42 Å². The average Bonchev–Trinajstić information content (AvgIpc) is 3.59. The molecule has 0 radical (unpaired) electrons. The molecule has 2 aromatic heterocycles. The molecule has 0 saturated heterocycles. The molecule has 0 amide bonds. The van der Waals surface area contributed by atoms with Gasteiger partial charge in [0.2, 0.25) is 0 Å². The van der Waals surface area contributed by atoms with Crippen molar-refractivity contribution in [3.8, 4) is 11.1 Å². The molecular weight excluding hydrogens is 482 g/mol. The average molecular weight is 505 g/mol. The smallest absolute Gasteiger partial charge is 0.151 e. The highest BCUT2D eigenvalue weighted by Gasteiger charge is 2.43. The summed E-state index contributed by atoms with van der Waals surface area (Å²) in [5.41, 5.74) is 8.30. The van der Waals surface area contributed by atoms with Gasteiger partial charge in [0.1, 0.15) is 16.9 Å². The molecule has 178 valence electrons. The Morgan fingerprint density at radius 3 is 2.11 bits per heavy atom. The Labute approximate surface area is 223 Å². The van der Waals surface area contributed by atoms with Crippen LogP contribution in [0.1, 0.15) is 0 Å². The minimum Gasteiger partial charge on any atom is -0.456 e. The topological polar surface area (TPSA) is 13.1 Å². The first-order valence-corrected chi connectivity index (χ1v) is 13.8. The largest absolute Gasteiger partial charge is 0.456 e. The van der Waals surface area contributed by atoms with Crippen LogP contribution in [0.4, 0.5) is 17.1 Å². The maximum Gasteiger partial charge on any atom is 0.151 e. The van der Waals surface area contributed by atoms with Crippen molar-refractivity contribution in [2.45, 2.75) is 0 Å². The molecule has 0 bridgehead atoms. The number of thiophene rings is 1. The molecule has 0 fully saturated rings. The van der Waals surface area contributed by atoms with Crippen LogP contribution < -0.4 is 4.48 Å². The Hall–Kier alpha value is -4.44. The monoisotopic (exact) mass is 504 g/mol. The summed E-state index contributed by atoms with van der Waals surface area (Å²) in [6.07, 6.45) is 0. The molecule has 3 heterocycles. The van der Waals surface area contributed by atoms with Crippen LogP contribution in [0.25, 0.3) is 64.0 Å². The number of hydrogen-bond acceptors (Lipinski definition) is 2. The van der Waals surface area contributed by atoms with E-state index in [4.69, 9.17) is 4.42 Å². The van der Waals surface area contributed by atoms with Gasteiger partial charge in [0.05, 0.1) is 18.2 Å². The number of quaternary nitrogens is 1. The summed E-state index contributed by atoms with van der Waals surface area (Å²) in [7, 11) is 2.34. The van der Waals surface area contributed by atoms with Crippen LogP contribution in [0.2, 0.25) is 0 Å². The predicted molar refractivity (Wildman–Crippen MR) is 163 cm³/mol. The molecule has 8 aromatic rings. The van der Waals surface area contributed by atoms with Crippen LogP contribution in [0.15, 0.2) is 120 Å². The summed E-state index contributed by atoms with van der Waals surface area (Å²) in [4.78, 5) is 0. The molecule has 1 aliphatic rings. The minimum absolute atomic E-state index is 0.600. The number of para-hydroxylation sites is 1. The zero-order chi connectivity index (χ0) is 25.0. The van der Waals surface area contributed by atoms with E-state index in [1.807, 2.05) is 17.4 Å². The van der Waals surface area contributed by atoms with Crippen molar-refractivity contribution in [2.24, 2.45) is 0 Å². The van der Waals surface area contributed by atoms with Crippen molar-refractivity contribution in [1.82, 2.24) is 4.48 Å². The van der Waals surface area contributed by atoms with Gasteiger partial charge in [0, 0.05) is 55.2 Å². The molecule has 1 atom stereocenters. The van der Waals surface area contributed by atoms with Gasteiger partial charge in [-0.25, -0.2) is 4.48 Å². The van der Waals surface area contributed by atoms with Crippen LogP contribution in [0, 0.1) is 0 Å². The third-order valence-corrected chi connectivity index (χ3v) is 9.63. The third-order valence-electron chi connectivity index (χ3n) is 8.49. The van der Waals surface area contributed by atoms with Gasteiger partial charge >= 0.3 is 0 Å². The highest BCUT2D eigenvalue weighted by Crippen LogP contribution is 2.59. The van der Waals surface area contributed by atoms with E-state index in [0.29, 0.717) is 4.48 Å². The maximum absolute atomic E-state index is 6.35. The summed E-state index contributed by atoms with van der Waals surface area (Å²) in [5.74, 6) is 0. The van der Waals surface area contributed by atoms with E-state index >= 15 is 0 Å². The van der Waals surface area contributed by atoms with E-state index in [2.05, 4.69) is 116 Å². The Kier molecular flexibility index (Phi) is 3.85. The number of nitrogens with zero attached hydrogens (tertiary/aromatic N) is 1. The second-order valence-electron chi connectivity index (χ2n) is 10.5. The van der Waals surface area contributed by atoms with Gasteiger partial charge in [-0.1, -0.05) is 60.7 Å². The van der Waals surface area contributed by atoms with Gasteiger partial charge in [-0.2, -0.15) is 0 Å². The first-order chi connectivity index (χ1) is 18.7. The number of rotatable bonds is 1. The van der Waals surface area contributed by atoms with Crippen molar-refractivity contribution in [2.75, 3.05) is 7.05 Å². The van der Waals surface area contributed by atoms with Gasteiger partial charge in [0.25, 0.3) is 0 Å². The first-order valence-electron chi connectivity index (χ1n) is 13.0. The lowest BCUT2D eigenvalue weighted by atomic mass is 10.0. The lowest BCUT2D eigenvalue weighted by Gasteiger charge is -2.30. The van der Waals surface area contributed by atoms with Crippen LogP contribution in [-0.2, 0) is 0 Å². The molecular formula is C35H22NOS+. The molecule has 0 saturated carbocycles. The molecule has 38 heavy (non-hydrogen) atoms. The van der Waals surface area contributed by atoms with Crippen molar-refractivity contribution in [3.05, 3.63) is 115 Å². The van der Waals surface area contributed by atoms with E-state index in [9.17, 15) is 0 Å². The van der Waals surface area contributed by atoms with E-state index in [1.54, 1.807) is 0 Å². The van der Waals surface area contributed by atoms with E-state index in [1.165, 1.54) is 59.1 Å². The fourth-order valence-corrected chi connectivity index (χ4v) is 7.69. The van der Waals surface area contributed by atoms with Crippen LogP contribution >= 0.6 is 11.3 Å². The first kappa shape index (κ1) is 20.6. The van der Waals surface area contributed by atoms with Crippen LogP contribution in [-0.4, -0.2) is 7.05 Å². The fraction of sp³-hybridized carbons (Fsp3) is 0.0286. The summed E-state index contributed by atoms with van der Waals surface area (Å²) in [5, 5.41) is 7.52. The van der Waals surface area contributed by atoms with E-state index in [0.717, 1.165) is 21.9 Å². The van der Waals surface area contributed by atoms with Gasteiger partial charge in [-0.3, -0.25) is 0 Å². The van der Waals surface area contributed by atoms with Crippen molar-refractivity contribution < 1.29 is 4.42 Å². The molecule has 0 N–H and O–H groups in total. The summed E-state index contributed by atoms with van der Waals surface area (Å²) < 4.78 is 9.62. The van der Waals surface area contributed by atoms with E-state index < -0.39 is 0 Å². The molecule has 1 unspecified atom stereocenters. The zero-order valence-corrected chi connectivity index (χ0v) is 21.5. The molecule has 3 heteroatoms. The normalized spacial score (nSPS) is 16.7. The second-order valence-corrected chi connectivity index (χ2v) is 11.5. The summed E-state index contributed by atoms with van der Waals surface area (Å²) in [6.45, 7) is 0. The number of hydrogen-bond donors (Lipinski definition) is 0. The molecule has 0 aliphatic carbocycles. The summed E-state index contributed by atoms with van der Waals surface area (Å²) in [6, 6.07) is 42.2. The lowest BCUT2D eigenvalue weighted by molar-refractivity contribution is 0.637. The summed E-state index contributed by atoms with van der Waals surface area (Å²) >= 11 is 1.88. The van der Waals surface area contributed by atoms with Gasteiger partial charge in [0.15, 0.2) is 11.4 Å². The molecule has 1 aliphatic heterocycles. The number of furan rings is 1. The zero-order valence-electron chi connectivity index (χ0n) is 20.7. The standard InChI is InChI=1S/C35H22NOS/c1-36(23-14-15-25-24-10-4-6-12-32(24)37-33(25)18-23)30-17-22-9-3-2-8-21(22)16-27(30)28-20-35-29(19-31(28)36)26-11-5-7-13-34(26)38-35/h2-20H,1H3/q+1. The second kappa shape index (κ2) is 7.11. The van der Waals surface area contributed by atoms with Crippen molar-refractivity contribution in [1.29, 1.82) is 0 Å². The van der Waals surface area contributed by atoms with Crippen LogP contribution in [0.5, 0.6) is 0 Å². The Morgan fingerprint density at radius 1 is 0.526 bits per heavy atom. The fourth-order valence-electron chi connectivity index (χ4n) is 6.56. The SMILES string of the molecule is C[N+]1(c2ccc3c(c2)oc2ccccc23)c2cc3ccccc3cc2-c2cc3sc4ccccc4c3cc21. The van der Waals surface area contributed by atoms with Crippen LogP contribution in [0.3, 0.4) is 0 Å². The Balaban J connectivity index is 1.40. The molecule has 6 aromatic carbocycles. The molecule has 0 spiro atoms. The van der Waals surface area contributed by atoms with Crippen molar-refractivity contribution >= 4 is 81.3 Å². The highest BCUT2D eigenvalue weighted by molar-refractivity contribution is 7.25. The third kappa shape index (κ3) is 2.55. The van der Waals surface area contributed by atoms with Gasteiger partial charge in [-0.15, -0.1) is 11.3 Å². The van der Waals surface area contributed by atoms with Gasteiger partial charge in [-0.05, 0) is 41.1 Å². The lowest BCUT2D eigenvalue weighted by Crippen LogP contribution is -2.31. The number of benzene rings is 6. The predicted octanol–water partition coefficient (Wildman–Crippen LogP) is 10.7. The number of fused-ring (bicyclic) bond motifs is 10. The molecule has 2 nitrogen and oxygen atoms in total. The maximum atomic E-state index is 6.35. The Morgan fingerprint density at radius 2 is 1.21 bits per heavy atom. The van der Waals surface area contributed by atoms with Crippen molar-refractivity contribution in [3.63, 3.8) is 0 Å². The Bertz CT molecular complexity index is 2270. The quantitative estimate of drug-likeness (QED) is 0.203. The molecule has 9 rings (SSSR count). The highest BCUT2D eigenvalue weighted by atomic mass is 32.1. The minimum atomic E-state index is 0.600.